The Morgan fingerprint density at radius 3 is 0.766 bits per heavy atom. The number of hydrogen-bond donors (Lipinski definition) is 0. The summed E-state index contributed by atoms with van der Waals surface area (Å²) in [6.45, 7) is 0. The van der Waals surface area contributed by atoms with Gasteiger partial charge in [0.05, 0.1) is 67.3 Å². The highest BCUT2D eigenvalue weighted by Crippen LogP contribution is 2.59. The molecule has 0 atom stereocenters. The zero-order chi connectivity index (χ0) is 62.3. The predicted octanol–water partition coefficient (Wildman–Crippen LogP) is 21.8. The smallest absolute Gasteiger partial charge is 0.168 e. The van der Waals surface area contributed by atoms with Crippen molar-refractivity contribution < 1.29 is 0 Å². The summed E-state index contributed by atoms with van der Waals surface area (Å²) in [4.78, 5) is 34.2. The quantitative estimate of drug-likeness (QED) is 0.107. The molecule has 0 aliphatic rings. The van der Waals surface area contributed by atoms with E-state index in [-0.39, 0.29) is 0 Å². The van der Waals surface area contributed by atoms with Crippen LogP contribution in [0, 0.1) is 0 Å². The first-order valence-corrected chi connectivity index (χ1v) is 31.6. The van der Waals surface area contributed by atoms with E-state index in [9.17, 15) is 0 Å². The van der Waals surface area contributed by atoms with Gasteiger partial charge in [-0.25, -0.2) is 24.9 Å². The van der Waals surface area contributed by atoms with Gasteiger partial charge in [0.25, 0.3) is 0 Å². The maximum atomic E-state index is 6.05. The largest absolute Gasteiger partial charge is 0.308 e. The Morgan fingerprint density at radius 2 is 0.457 bits per heavy atom. The number of para-hydroxylation sites is 8. The number of anilines is 6. The minimum Gasteiger partial charge on any atom is -0.308 e. The molecule has 0 saturated heterocycles. The molecular weight excluding hydrogens is 1150 g/mol. The fourth-order valence-electron chi connectivity index (χ4n) is 13.4. The lowest BCUT2D eigenvalue weighted by molar-refractivity contribution is 1.05. The second-order valence-corrected chi connectivity index (χ2v) is 23.1. The van der Waals surface area contributed by atoms with Gasteiger partial charge in [-0.1, -0.05) is 267 Å². The number of hydrogen-bond acceptors (Lipinski definition) is 7. The van der Waals surface area contributed by atoms with E-state index in [0.717, 1.165) is 128 Å². The van der Waals surface area contributed by atoms with E-state index in [1.165, 1.54) is 0 Å². The zero-order valence-electron chi connectivity index (χ0n) is 50.9. The van der Waals surface area contributed by atoms with Gasteiger partial charge in [0.15, 0.2) is 23.3 Å². The Labute approximate surface area is 543 Å². The van der Waals surface area contributed by atoms with Crippen molar-refractivity contribution in [2.24, 2.45) is 0 Å². The van der Waals surface area contributed by atoms with Crippen LogP contribution in [0.2, 0.25) is 0 Å². The van der Waals surface area contributed by atoms with Gasteiger partial charge in [0, 0.05) is 66.5 Å². The third-order valence-electron chi connectivity index (χ3n) is 17.5. The topological polar surface area (TPSA) is 80.8 Å². The minimum atomic E-state index is 0.422. The predicted molar refractivity (Wildman–Crippen MR) is 386 cm³/mol. The van der Waals surface area contributed by atoms with Gasteiger partial charge in [0.2, 0.25) is 0 Å². The average Bonchev–Trinajstić information content (AvgIpc) is 1.26. The highest BCUT2D eigenvalue weighted by molar-refractivity contribution is 6.18. The van der Waals surface area contributed by atoms with Crippen molar-refractivity contribution >= 4 is 77.7 Å². The van der Waals surface area contributed by atoms with Crippen molar-refractivity contribution in [2.75, 3.05) is 9.80 Å². The number of aromatic nitrogens is 7. The molecule has 13 aromatic carbocycles. The molecule has 94 heavy (non-hydrogen) atoms. The van der Waals surface area contributed by atoms with Gasteiger partial charge >= 0.3 is 0 Å². The lowest BCUT2D eigenvalue weighted by Gasteiger charge is -2.37. The third kappa shape index (κ3) is 9.71. The van der Waals surface area contributed by atoms with Gasteiger partial charge in [-0.15, -0.1) is 0 Å². The van der Waals surface area contributed by atoms with Crippen LogP contribution in [0.15, 0.2) is 346 Å². The van der Waals surface area contributed by atoms with Gasteiger partial charge in [-0.2, -0.15) is 0 Å². The molecule has 0 saturated carbocycles. The summed E-state index contributed by atoms with van der Waals surface area (Å²) in [5.74, 6) is 1.91. The molecule has 0 spiro atoms. The summed E-state index contributed by atoms with van der Waals surface area (Å²) >= 11 is 0. The zero-order valence-corrected chi connectivity index (χ0v) is 50.9. The van der Waals surface area contributed by atoms with E-state index in [4.69, 9.17) is 24.9 Å². The van der Waals surface area contributed by atoms with Crippen molar-refractivity contribution in [2.45, 2.75) is 0 Å². The fourth-order valence-corrected chi connectivity index (χ4v) is 13.4. The SMILES string of the molecule is c1ccc(-c2cc(-c3ccccc3)nc(-c3c(-n4c5ccccc5c5ccccc54)c(N(c4ccccc4)c4ccccc4)c(-c4nc(-c5ccccc5)nc(-c5ccccc5)n4)c(N(c4ccccc4)c4ccccc4)c3-n3c4ccccc4c4ccccc43)n2)cc1. The number of rotatable bonds is 14. The van der Waals surface area contributed by atoms with E-state index in [1.54, 1.807) is 0 Å². The number of nitrogens with zero attached hydrogens (tertiary/aromatic N) is 9. The van der Waals surface area contributed by atoms with Gasteiger partial charge < -0.3 is 18.9 Å². The van der Waals surface area contributed by atoms with Gasteiger partial charge in [-0.3, -0.25) is 0 Å². The monoisotopic (exact) mass is 1200 g/mol. The average molecular weight is 1200 g/mol. The Hall–Kier alpha value is -12.9. The summed E-state index contributed by atoms with van der Waals surface area (Å²) in [5, 5.41) is 4.29. The van der Waals surface area contributed by atoms with E-state index < -0.39 is 0 Å². The summed E-state index contributed by atoms with van der Waals surface area (Å²) in [6.07, 6.45) is 0. The maximum absolute atomic E-state index is 6.05. The van der Waals surface area contributed by atoms with E-state index in [1.807, 2.05) is 36.4 Å². The van der Waals surface area contributed by atoms with Crippen LogP contribution >= 0.6 is 0 Å². The Bertz CT molecular complexity index is 5070. The molecule has 0 aliphatic heterocycles. The van der Waals surface area contributed by atoms with Crippen molar-refractivity contribution in [3.63, 3.8) is 0 Å². The van der Waals surface area contributed by atoms with Gasteiger partial charge in [0.1, 0.15) is 0 Å². The van der Waals surface area contributed by atoms with E-state index in [0.29, 0.717) is 28.9 Å². The Morgan fingerprint density at radius 1 is 0.213 bits per heavy atom. The molecule has 0 unspecified atom stereocenters. The molecule has 9 nitrogen and oxygen atoms in total. The first-order valence-electron chi connectivity index (χ1n) is 31.6. The normalized spacial score (nSPS) is 11.4. The maximum Gasteiger partial charge on any atom is 0.168 e. The van der Waals surface area contributed by atoms with Crippen LogP contribution < -0.4 is 9.80 Å². The Balaban J connectivity index is 1.24. The van der Waals surface area contributed by atoms with Gasteiger partial charge in [-0.05, 0) is 78.9 Å². The molecule has 4 aromatic heterocycles. The highest BCUT2D eigenvalue weighted by atomic mass is 15.2. The second kappa shape index (κ2) is 23.8. The van der Waals surface area contributed by atoms with Crippen LogP contribution in [-0.4, -0.2) is 34.1 Å². The molecule has 0 amide bonds. The molecule has 0 aliphatic carbocycles. The Kier molecular flexibility index (Phi) is 14.0. The standard InChI is InChI=1S/C85H57N9/c1-9-33-58(34-10-1)70-57-71(59-35-11-2-12-36-59)87-84(86-70)77-80(93-72-53-29-25-49-66(72)67-50-26-30-54-73(67)93)78(91(62-41-17-5-18-42-62)63-43-19-6-20-44-63)76(85-89-82(60-37-13-3-14-38-60)88-83(90-85)61-39-15-4-16-40-61)79(92(64-45-21-7-22-46-64)65-47-23-8-24-48-65)81(77)94-74-55-31-27-51-68(74)69-52-28-32-56-75(69)94/h1-57H. The summed E-state index contributed by atoms with van der Waals surface area (Å²) in [5.41, 5.74) is 16.9. The molecule has 4 heterocycles. The molecule has 17 rings (SSSR count). The van der Waals surface area contributed by atoms with Crippen LogP contribution in [0.1, 0.15) is 0 Å². The second-order valence-electron chi connectivity index (χ2n) is 23.1. The van der Waals surface area contributed by atoms with Crippen LogP contribution in [0.4, 0.5) is 34.1 Å². The van der Waals surface area contributed by atoms with Crippen molar-refractivity contribution in [1.82, 2.24) is 34.1 Å². The molecule has 9 heteroatoms. The van der Waals surface area contributed by atoms with E-state index in [2.05, 4.69) is 328 Å². The molecule has 0 radical (unpaired) electrons. The van der Waals surface area contributed by atoms with Crippen LogP contribution in [-0.2, 0) is 0 Å². The number of fused-ring (bicyclic) bond motifs is 6. The van der Waals surface area contributed by atoms with Crippen molar-refractivity contribution in [3.8, 4) is 79.4 Å². The van der Waals surface area contributed by atoms with Crippen LogP contribution in [0.5, 0.6) is 0 Å². The van der Waals surface area contributed by atoms with Crippen molar-refractivity contribution in [1.29, 1.82) is 0 Å². The highest BCUT2D eigenvalue weighted by Gasteiger charge is 2.40. The number of benzene rings is 13. The lowest BCUT2D eigenvalue weighted by Crippen LogP contribution is -2.22. The first kappa shape index (κ1) is 55.2. The molecule has 17 aromatic rings. The molecule has 0 bridgehead atoms. The van der Waals surface area contributed by atoms with Crippen LogP contribution in [0.3, 0.4) is 0 Å². The molecule has 0 N–H and O–H groups in total. The molecular formula is C85H57N9. The minimum absolute atomic E-state index is 0.422. The first-order chi connectivity index (χ1) is 46.7. The van der Waals surface area contributed by atoms with Crippen LogP contribution in [0.25, 0.3) is 123 Å². The van der Waals surface area contributed by atoms with E-state index >= 15 is 0 Å². The summed E-state index contributed by atoms with van der Waals surface area (Å²) < 4.78 is 4.93. The fraction of sp³-hybridized carbons (Fsp3) is 0. The third-order valence-corrected chi connectivity index (χ3v) is 17.5. The van der Waals surface area contributed by atoms with Crippen molar-refractivity contribution in [3.05, 3.63) is 346 Å². The molecule has 442 valence electrons. The lowest BCUT2D eigenvalue weighted by atomic mass is 9.93. The molecule has 0 fully saturated rings. The summed E-state index contributed by atoms with van der Waals surface area (Å²) in [6, 6.07) is 121. The summed E-state index contributed by atoms with van der Waals surface area (Å²) in [7, 11) is 0.